The number of halogens is 2. The van der Waals surface area contributed by atoms with Gasteiger partial charge in [-0.25, -0.2) is 0 Å². The molecule has 20 heavy (non-hydrogen) atoms. The van der Waals surface area contributed by atoms with E-state index in [1.165, 1.54) is 0 Å². The zero-order valence-corrected chi connectivity index (χ0v) is 12.9. The second-order valence-electron chi connectivity index (χ2n) is 3.63. The first-order valence-corrected chi connectivity index (χ1v) is 6.96. The van der Waals surface area contributed by atoms with Crippen molar-refractivity contribution in [2.45, 2.75) is 0 Å². The van der Waals surface area contributed by atoms with Crippen molar-refractivity contribution < 1.29 is 16.4 Å². The summed E-state index contributed by atoms with van der Waals surface area (Å²) in [5.74, 6) is 0. The summed E-state index contributed by atoms with van der Waals surface area (Å²) >= 11 is 6.36. The van der Waals surface area contributed by atoms with Crippen molar-refractivity contribution in [3.63, 3.8) is 0 Å². The van der Waals surface area contributed by atoms with Crippen LogP contribution >= 0.6 is 31.9 Å². The van der Waals surface area contributed by atoms with Crippen molar-refractivity contribution >= 4 is 31.9 Å². The molecule has 3 aromatic rings. The van der Waals surface area contributed by atoms with Gasteiger partial charge in [-0.2, -0.15) is 0 Å². The molecule has 0 unspecified atom stereocenters. The van der Waals surface area contributed by atoms with Crippen LogP contribution in [0.3, 0.4) is 0 Å². The minimum atomic E-state index is -0.689. The molecule has 3 aromatic carbocycles. The molecule has 3 rings (SSSR count). The highest BCUT2D eigenvalue weighted by molar-refractivity contribution is 9.13. The summed E-state index contributed by atoms with van der Waals surface area (Å²) in [6, 6.07) is -7.39. The van der Waals surface area contributed by atoms with E-state index < -0.39 is 77.6 Å². The lowest BCUT2D eigenvalue weighted by Gasteiger charge is -2.12. The summed E-state index contributed by atoms with van der Waals surface area (Å²) in [5.41, 5.74) is -1.35. The molecule has 0 spiro atoms. The molecule has 0 amide bonds. The number of hydrogen-bond acceptors (Lipinski definition) is 0. The third kappa shape index (κ3) is 2.58. The maximum atomic E-state index is 8.47. The second kappa shape index (κ2) is 5.94. The Morgan fingerprint density at radius 3 is 1.95 bits per heavy atom. The quantitative estimate of drug-likeness (QED) is 0.458. The SMILES string of the molecule is [2H]c1c([2H])c([2H])c(-c2c([2H])c([2H])c([2H])c([2H])c2-c2c([2H])c([2H])c([2H])c(Br)c2Br)c([2H])c1[2H]. The van der Waals surface area contributed by atoms with Crippen LogP contribution in [0.4, 0.5) is 0 Å². The zero-order valence-electron chi connectivity index (χ0n) is 21.8. The summed E-state index contributed by atoms with van der Waals surface area (Å²) in [5, 5.41) is 0. The van der Waals surface area contributed by atoms with Crippen LogP contribution in [0, 0.1) is 0 Å². The predicted molar refractivity (Wildman–Crippen MR) is 92.7 cm³/mol. The molecule has 0 aliphatic rings. The van der Waals surface area contributed by atoms with Crippen LogP contribution in [0.2, 0.25) is 0 Å². The molecule has 0 bridgehead atoms. The van der Waals surface area contributed by atoms with Crippen LogP contribution in [0.5, 0.6) is 0 Å². The predicted octanol–water partition coefficient (Wildman–Crippen LogP) is 6.55. The van der Waals surface area contributed by atoms with Crippen LogP contribution < -0.4 is 0 Å². The molecule has 2 heteroatoms. The highest BCUT2D eigenvalue weighted by Gasteiger charge is 2.10. The summed E-state index contributed by atoms with van der Waals surface area (Å²) in [4.78, 5) is 0. The number of hydrogen-bond donors (Lipinski definition) is 0. The normalized spacial score (nSPS) is 18.9. The first-order valence-electron chi connectivity index (χ1n) is 11.4. The lowest BCUT2D eigenvalue weighted by Crippen LogP contribution is -1.86. The van der Waals surface area contributed by atoms with Gasteiger partial charge in [0.1, 0.15) is 0 Å². The third-order valence-electron chi connectivity index (χ3n) is 2.46. The Morgan fingerprint density at radius 1 is 0.600 bits per heavy atom. The fraction of sp³-hybridized carbons (Fsp3) is 0. The van der Waals surface area contributed by atoms with E-state index in [1.807, 2.05) is 0 Å². The van der Waals surface area contributed by atoms with Gasteiger partial charge in [0.2, 0.25) is 0 Å². The van der Waals surface area contributed by atoms with Crippen molar-refractivity contribution in [3.8, 4) is 22.3 Å². The van der Waals surface area contributed by atoms with Crippen LogP contribution in [-0.2, 0) is 0 Å². The average molecular weight is 400 g/mol. The molecule has 0 saturated carbocycles. The van der Waals surface area contributed by atoms with Crippen LogP contribution in [0.1, 0.15) is 16.4 Å². The Morgan fingerprint density at radius 2 is 1.20 bits per heavy atom. The number of rotatable bonds is 2. The van der Waals surface area contributed by atoms with E-state index in [9.17, 15) is 0 Å². The minimum absolute atomic E-state index is 0.0575. The van der Waals surface area contributed by atoms with Crippen molar-refractivity contribution in [2.75, 3.05) is 0 Å². The number of benzene rings is 3. The summed E-state index contributed by atoms with van der Waals surface area (Å²) < 4.78 is 97.9. The molecule has 0 aliphatic carbocycles. The fourth-order valence-corrected chi connectivity index (χ4v) is 2.30. The van der Waals surface area contributed by atoms with Crippen molar-refractivity contribution in [1.82, 2.24) is 0 Å². The average Bonchev–Trinajstić information content (AvgIpc) is 2.77. The molecular weight excluding hydrogens is 376 g/mol. The molecule has 0 aliphatic heterocycles. The molecule has 0 N–H and O–H groups in total. The minimum Gasteiger partial charge on any atom is -0.0622 e. The van der Waals surface area contributed by atoms with E-state index in [0.29, 0.717) is 0 Å². The van der Waals surface area contributed by atoms with E-state index in [0.717, 1.165) is 0 Å². The largest absolute Gasteiger partial charge is 0.0635 e. The van der Waals surface area contributed by atoms with Gasteiger partial charge in [-0.1, -0.05) is 66.5 Å². The molecule has 0 aromatic heterocycles. The Balaban J connectivity index is 2.69. The van der Waals surface area contributed by atoms with Gasteiger partial charge < -0.3 is 0 Å². The maximum Gasteiger partial charge on any atom is 0.0635 e. The van der Waals surface area contributed by atoms with E-state index >= 15 is 0 Å². The fourth-order valence-electron chi connectivity index (χ4n) is 1.60. The molecule has 0 fully saturated rings. The van der Waals surface area contributed by atoms with E-state index in [-0.39, 0.29) is 26.1 Å². The Labute approximate surface area is 152 Å². The highest BCUT2D eigenvalue weighted by Crippen LogP contribution is 2.38. The topological polar surface area (TPSA) is 0 Å². The highest BCUT2D eigenvalue weighted by atomic mass is 79.9. The third-order valence-corrected chi connectivity index (χ3v) is 4.38. The van der Waals surface area contributed by atoms with Gasteiger partial charge in [-0.05, 0) is 60.2 Å². The standard InChI is InChI=1S/C18H12Br2/c19-17-12-6-11-16(18(17)20)15-10-5-4-9-14(15)13-7-2-1-3-8-13/h1-12H/i1D,2D,3D,4D,5D,6D,7D,8D,9D,10D,11D,12D. The van der Waals surface area contributed by atoms with Crippen LogP contribution in [0.15, 0.2) is 81.5 Å². The Hall–Kier alpha value is -1.38. The maximum absolute atomic E-state index is 8.47. The Kier molecular flexibility index (Phi) is 1.61. The molecule has 0 heterocycles. The van der Waals surface area contributed by atoms with Gasteiger partial charge in [0.15, 0.2) is 0 Å². The van der Waals surface area contributed by atoms with Gasteiger partial charge in [-0.15, -0.1) is 0 Å². The lowest BCUT2D eigenvalue weighted by molar-refractivity contribution is 1.53. The van der Waals surface area contributed by atoms with Crippen molar-refractivity contribution in [3.05, 3.63) is 81.5 Å². The van der Waals surface area contributed by atoms with E-state index in [2.05, 4.69) is 31.9 Å². The van der Waals surface area contributed by atoms with Crippen molar-refractivity contribution in [2.24, 2.45) is 0 Å². The Bertz CT molecular complexity index is 1160. The molecule has 98 valence electrons. The van der Waals surface area contributed by atoms with E-state index in [1.54, 1.807) is 0 Å². The van der Waals surface area contributed by atoms with Gasteiger partial charge in [0, 0.05) is 8.95 Å². The van der Waals surface area contributed by atoms with Crippen molar-refractivity contribution in [1.29, 1.82) is 0 Å². The molecule has 0 nitrogen and oxygen atoms in total. The van der Waals surface area contributed by atoms with Gasteiger partial charge >= 0.3 is 0 Å². The molecule has 0 atom stereocenters. The van der Waals surface area contributed by atoms with E-state index in [4.69, 9.17) is 16.4 Å². The smallest absolute Gasteiger partial charge is 0.0622 e. The summed E-state index contributed by atoms with van der Waals surface area (Å²) in [7, 11) is 0. The second-order valence-corrected chi connectivity index (χ2v) is 5.21. The van der Waals surface area contributed by atoms with Gasteiger partial charge in [-0.3, -0.25) is 0 Å². The zero-order chi connectivity index (χ0) is 24.4. The molecule has 0 saturated heterocycles. The van der Waals surface area contributed by atoms with Crippen LogP contribution in [-0.4, -0.2) is 0 Å². The summed E-state index contributed by atoms with van der Waals surface area (Å²) in [6.45, 7) is 0. The van der Waals surface area contributed by atoms with Gasteiger partial charge in [0.25, 0.3) is 0 Å². The first-order chi connectivity index (χ1) is 14.7. The van der Waals surface area contributed by atoms with Crippen LogP contribution in [0.25, 0.3) is 22.3 Å². The lowest BCUT2D eigenvalue weighted by atomic mass is 9.95. The monoisotopic (exact) mass is 398 g/mol. The molecule has 0 radical (unpaired) electrons. The van der Waals surface area contributed by atoms with Gasteiger partial charge in [0.05, 0.1) is 16.4 Å². The summed E-state index contributed by atoms with van der Waals surface area (Å²) in [6.07, 6.45) is 0. The first kappa shape index (κ1) is 5.43. The molecular formula is C18H12Br2.